The van der Waals surface area contributed by atoms with Crippen molar-refractivity contribution in [3.63, 3.8) is 0 Å². The number of nitrogens with one attached hydrogen (secondary N) is 2. The van der Waals surface area contributed by atoms with Gasteiger partial charge >= 0.3 is 6.18 Å². The van der Waals surface area contributed by atoms with Crippen molar-refractivity contribution in [1.82, 2.24) is 29.7 Å². The number of fused-ring (bicyclic) bond motifs is 2. The molecule has 0 radical (unpaired) electrons. The molecular weight excluding hydrogens is 687 g/mol. The number of ketones is 1. The summed E-state index contributed by atoms with van der Waals surface area (Å²) >= 11 is 0. The van der Waals surface area contributed by atoms with Gasteiger partial charge in [0.05, 0.1) is 5.52 Å². The van der Waals surface area contributed by atoms with Gasteiger partial charge < -0.3 is 20.1 Å². The molecule has 3 atom stereocenters. The number of hydrogen-bond donors (Lipinski definition) is 2. The van der Waals surface area contributed by atoms with E-state index in [1.807, 2.05) is 19.1 Å². The molecule has 1 aliphatic carbocycles. The number of rotatable bonds is 13. The Bertz CT molecular complexity index is 2080. The van der Waals surface area contributed by atoms with Crippen LogP contribution in [0.3, 0.4) is 0 Å². The Morgan fingerprint density at radius 2 is 1.74 bits per heavy atom. The summed E-state index contributed by atoms with van der Waals surface area (Å²) in [4.78, 5) is 67.8. The SMILES string of the molecule is CCCCc1cc(-c2cnc(C)nc2)cc2c(C(C)=O)cn(CC(=O)N3[C@H](C(=O)Nc4nc(C(F)(F)F)ccc4C)C[C@@]4(CNC(=O)CCC)C[C@@H]34)c12. The van der Waals surface area contributed by atoms with Crippen molar-refractivity contribution >= 4 is 40.2 Å². The fourth-order valence-electron chi connectivity index (χ4n) is 7.50. The molecule has 2 fully saturated rings. The molecule has 4 heterocycles. The van der Waals surface area contributed by atoms with E-state index in [0.29, 0.717) is 48.0 Å². The number of hydrogen-bond acceptors (Lipinski definition) is 7. The Morgan fingerprint density at radius 3 is 2.40 bits per heavy atom. The molecule has 1 saturated carbocycles. The molecule has 11 nitrogen and oxygen atoms in total. The summed E-state index contributed by atoms with van der Waals surface area (Å²) in [6.45, 7) is 8.88. The minimum atomic E-state index is -4.71. The minimum Gasteiger partial charge on any atom is -0.355 e. The van der Waals surface area contributed by atoms with E-state index >= 15 is 0 Å². The molecule has 1 saturated heterocycles. The minimum absolute atomic E-state index is 0.131. The van der Waals surface area contributed by atoms with Crippen molar-refractivity contribution in [2.45, 2.75) is 104 Å². The fraction of sp³-hybridized carbons (Fsp3) is 0.462. The van der Waals surface area contributed by atoms with Crippen LogP contribution in [0.5, 0.6) is 0 Å². The van der Waals surface area contributed by atoms with Gasteiger partial charge in [-0.15, -0.1) is 0 Å². The quantitative estimate of drug-likeness (QED) is 0.148. The lowest BCUT2D eigenvalue weighted by Gasteiger charge is -2.27. The molecule has 3 aromatic heterocycles. The molecule has 3 amide bonds. The third-order valence-electron chi connectivity index (χ3n) is 10.4. The predicted octanol–water partition coefficient (Wildman–Crippen LogP) is 6.59. The summed E-state index contributed by atoms with van der Waals surface area (Å²) in [5, 5.41) is 6.21. The van der Waals surface area contributed by atoms with E-state index in [2.05, 4.69) is 32.5 Å². The van der Waals surface area contributed by atoms with E-state index in [1.165, 1.54) is 17.9 Å². The smallest absolute Gasteiger partial charge is 0.355 e. The first-order valence-electron chi connectivity index (χ1n) is 18.0. The van der Waals surface area contributed by atoms with Gasteiger partial charge in [-0.2, -0.15) is 13.2 Å². The number of alkyl halides is 3. The zero-order valence-electron chi connectivity index (χ0n) is 30.6. The van der Waals surface area contributed by atoms with Gasteiger partial charge in [-0.1, -0.05) is 26.3 Å². The average Bonchev–Trinajstić information content (AvgIpc) is 3.52. The van der Waals surface area contributed by atoms with Gasteiger partial charge in [0.2, 0.25) is 17.7 Å². The zero-order valence-corrected chi connectivity index (χ0v) is 30.6. The van der Waals surface area contributed by atoms with Gasteiger partial charge in [0.1, 0.15) is 29.9 Å². The van der Waals surface area contributed by atoms with Crippen LogP contribution in [0.2, 0.25) is 0 Å². The number of unbranched alkanes of at least 4 members (excludes halogenated alkanes) is 1. The molecule has 2 N–H and O–H groups in total. The molecule has 0 unspecified atom stereocenters. The van der Waals surface area contributed by atoms with E-state index in [4.69, 9.17) is 0 Å². The van der Waals surface area contributed by atoms with Gasteiger partial charge in [0, 0.05) is 59.5 Å². The summed E-state index contributed by atoms with van der Waals surface area (Å²) in [5.74, 6) is -0.947. The molecule has 4 aromatic rings. The molecule has 14 heteroatoms. The summed E-state index contributed by atoms with van der Waals surface area (Å²) in [6, 6.07) is 4.65. The standard InChI is InChI=1S/C39H44F3N7O4/c1-6-8-10-25-13-26(27-17-43-24(5)44-18-27)14-28-29(23(4)50)19-48(35(25)28)20-34(52)49-30(15-38(16-32(38)49)21-45-33(51)9-7-2)37(53)47-36-22(3)11-12-31(46-36)39(40,41)42/h11-14,17-19,30,32H,6-10,15-16,20-21H2,1-5H3,(H,45,51)(H,46,47,53)/t30-,32+,38-/m0/s1. The third kappa shape index (κ3) is 7.67. The normalized spacial score (nSPS) is 19.3. The molecule has 0 bridgehead atoms. The summed E-state index contributed by atoms with van der Waals surface area (Å²) in [6.07, 6.45) is 4.69. The van der Waals surface area contributed by atoms with Crippen LogP contribution in [0.1, 0.15) is 92.3 Å². The maximum absolute atomic E-state index is 14.5. The van der Waals surface area contributed by atoms with E-state index in [-0.39, 0.29) is 49.0 Å². The van der Waals surface area contributed by atoms with Gasteiger partial charge in [-0.25, -0.2) is 15.0 Å². The van der Waals surface area contributed by atoms with E-state index < -0.39 is 29.2 Å². The van der Waals surface area contributed by atoms with Gasteiger partial charge in [0.25, 0.3) is 0 Å². The van der Waals surface area contributed by atoms with Crippen molar-refractivity contribution in [2.24, 2.45) is 5.41 Å². The average molecular weight is 732 g/mol. The highest BCUT2D eigenvalue weighted by Gasteiger charge is 2.67. The predicted molar refractivity (Wildman–Crippen MR) is 193 cm³/mol. The third-order valence-corrected chi connectivity index (χ3v) is 10.4. The Morgan fingerprint density at radius 1 is 1.00 bits per heavy atom. The van der Waals surface area contributed by atoms with E-state index in [1.54, 1.807) is 37.0 Å². The second-order valence-corrected chi connectivity index (χ2v) is 14.4. The van der Waals surface area contributed by atoms with Crippen LogP contribution in [0, 0.1) is 19.3 Å². The van der Waals surface area contributed by atoms with Crippen LogP contribution in [-0.2, 0) is 33.5 Å². The number of anilines is 1. The number of benzene rings is 1. The van der Waals surface area contributed by atoms with Crippen LogP contribution in [0.25, 0.3) is 22.0 Å². The molecule has 0 spiro atoms. The Kier molecular flexibility index (Phi) is 10.4. The number of amides is 3. The number of pyridine rings is 1. The topological polar surface area (TPSA) is 139 Å². The monoisotopic (exact) mass is 731 g/mol. The van der Waals surface area contributed by atoms with Crippen LogP contribution in [-0.4, -0.2) is 66.6 Å². The highest BCUT2D eigenvalue weighted by Crippen LogP contribution is 2.59. The van der Waals surface area contributed by atoms with E-state index in [9.17, 15) is 32.3 Å². The first-order valence-corrected chi connectivity index (χ1v) is 18.0. The van der Waals surface area contributed by atoms with Crippen LogP contribution in [0.4, 0.5) is 19.0 Å². The number of aryl methyl sites for hydroxylation is 3. The molecule has 1 aromatic carbocycles. The lowest BCUT2D eigenvalue weighted by molar-refractivity contribution is -0.141. The lowest BCUT2D eigenvalue weighted by atomic mass is 9.97. The van der Waals surface area contributed by atoms with Crippen molar-refractivity contribution in [2.75, 3.05) is 11.9 Å². The highest BCUT2D eigenvalue weighted by molar-refractivity contribution is 6.09. The molecule has 2 aliphatic rings. The number of likely N-dealkylation sites (tertiary alicyclic amines) is 1. The number of piperidine rings is 1. The number of carbonyl (C=O) groups excluding carboxylic acids is 4. The van der Waals surface area contributed by atoms with Crippen molar-refractivity contribution < 1.29 is 32.3 Å². The molecule has 280 valence electrons. The van der Waals surface area contributed by atoms with Crippen molar-refractivity contribution in [3.05, 3.63) is 71.1 Å². The van der Waals surface area contributed by atoms with E-state index in [0.717, 1.165) is 41.1 Å². The molecular formula is C39H44F3N7O4. The molecule has 1 aliphatic heterocycles. The zero-order chi connectivity index (χ0) is 38.2. The van der Waals surface area contributed by atoms with Gasteiger partial charge in [-0.3, -0.25) is 19.2 Å². The maximum Gasteiger partial charge on any atom is 0.433 e. The number of carbonyl (C=O) groups is 4. The van der Waals surface area contributed by atoms with Gasteiger partial charge in [-0.05, 0) is 87.8 Å². The second-order valence-electron chi connectivity index (χ2n) is 14.4. The van der Waals surface area contributed by atoms with Crippen LogP contribution < -0.4 is 10.6 Å². The Hall–Kier alpha value is -5.14. The highest BCUT2D eigenvalue weighted by atomic mass is 19.4. The first kappa shape index (κ1) is 37.6. The number of nitrogens with zero attached hydrogens (tertiary/aromatic N) is 5. The summed E-state index contributed by atoms with van der Waals surface area (Å²) in [7, 11) is 0. The van der Waals surface area contributed by atoms with Crippen molar-refractivity contribution in [3.8, 4) is 11.1 Å². The number of aromatic nitrogens is 4. The number of Topliss-reactive ketones (excluding diaryl/α,β-unsaturated/α-hetero) is 1. The lowest BCUT2D eigenvalue weighted by Crippen LogP contribution is -2.46. The Labute approximate surface area is 305 Å². The van der Waals surface area contributed by atoms with Crippen LogP contribution in [0.15, 0.2) is 42.9 Å². The van der Waals surface area contributed by atoms with Crippen LogP contribution >= 0.6 is 0 Å². The summed E-state index contributed by atoms with van der Waals surface area (Å²) < 4.78 is 42.3. The Balaban J connectivity index is 1.36. The summed E-state index contributed by atoms with van der Waals surface area (Å²) in [5.41, 5.74) is 2.40. The first-order chi connectivity index (χ1) is 25.2. The molecule has 6 rings (SSSR count). The van der Waals surface area contributed by atoms with Crippen molar-refractivity contribution in [1.29, 1.82) is 0 Å². The number of halogens is 3. The molecule has 53 heavy (non-hydrogen) atoms. The van der Waals surface area contributed by atoms with Gasteiger partial charge in [0.15, 0.2) is 5.78 Å². The maximum atomic E-state index is 14.5. The second kappa shape index (κ2) is 14.7. The largest absolute Gasteiger partial charge is 0.433 e. The fourth-order valence-corrected chi connectivity index (χ4v) is 7.50.